The number of anilines is 1. The maximum atomic E-state index is 12.7. The Balaban J connectivity index is 2.10. The summed E-state index contributed by atoms with van der Waals surface area (Å²) in [6.07, 6.45) is -0.157. The number of carbonyl (C=O) groups is 1. The molecule has 0 aliphatic rings. The lowest BCUT2D eigenvalue weighted by atomic mass is 10.0. The number of aliphatic hydroxyl groups is 1. The van der Waals surface area contributed by atoms with Crippen molar-refractivity contribution in [2.24, 2.45) is 0 Å². The van der Waals surface area contributed by atoms with E-state index in [1.54, 1.807) is 37.3 Å². The fourth-order valence-corrected chi connectivity index (χ4v) is 3.70. The molecule has 0 aliphatic heterocycles. The molecule has 0 bridgehead atoms. The van der Waals surface area contributed by atoms with Gasteiger partial charge in [-0.2, -0.15) is 0 Å². The number of aliphatic hydroxyl groups excluding tert-OH is 1. The molecule has 2 N–H and O–H groups in total. The molecule has 1 unspecified atom stereocenters. The van der Waals surface area contributed by atoms with Gasteiger partial charge in [0.15, 0.2) is 5.58 Å². The molecule has 0 saturated heterocycles. The van der Waals surface area contributed by atoms with Crippen molar-refractivity contribution in [3.63, 3.8) is 0 Å². The summed E-state index contributed by atoms with van der Waals surface area (Å²) in [4.78, 5) is 12.7. The number of furan rings is 1. The predicted octanol–water partition coefficient (Wildman–Crippen LogP) is 6.40. The van der Waals surface area contributed by atoms with Crippen LogP contribution >= 0.6 is 34.8 Å². The Bertz CT molecular complexity index is 977. The lowest BCUT2D eigenvalue weighted by molar-refractivity contribution is 0.102. The molecule has 0 fully saturated rings. The van der Waals surface area contributed by atoms with Crippen molar-refractivity contribution in [2.75, 3.05) is 5.32 Å². The smallest absolute Gasteiger partial charge is 0.258 e. The minimum Gasteiger partial charge on any atom is -0.459 e. The molecule has 4 nitrogen and oxygen atoms in total. The number of hydrogen-bond acceptors (Lipinski definition) is 3. The summed E-state index contributed by atoms with van der Waals surface area (Å²) in [5.41, 5.74) is 1.65. The highest BCUT2D eigenvalue weighted by molar-refractivity contribution is 6.40. The van der Waals surface area contributed by atoms with E-state index in [1.165, 1.54) is 0 Å². The summed E-state index contributed by atoms with van der Waals surface area (Å²) in [6, 6.07) is 8.12. The molecule has 26 heavy (non-hydrogen) atoms. The lowest BCUT2D eigenvalue weighted by Crippen LogP contribution is -2.13. The molecule has 0 spiro atoms. The Morgan fingerprint density at radius 1 is 1.23 bits per heavy atom. The number of amides is 1. The maximum Gasteiger partial charge on any atom is 0.258 e. The highest BCUT2D eigenvalue weighted by atomic mass is 35.5. The second kappa shape index (κ2) is 7.49. The lowest BCUT2D eigenvalue weighted by Gasteiger charge is -2.10. The van der Waals surface area contributed by atoms with Gasteiger partial charge in [-0.1, -0.05) is 47.8 Å². The maximum absolute atomic E-state index is 12.7. The third-order valence-electron chi connectivity index (χ3n) is 4.14. The van der Waals surface area contributed by atoms with Crippen LogP contribution in [0.3, 0.4) is 0 Å². The van der Waals surface area contributed by atoms with Gasteiger partial charge in [-0.15, -0.1) is 0 Å². The molecule has 0 aliphatic carbocycles. The van der Waals surface area contributed by atoms with Gasteiger partial charge in [-0.25, -0.2) is 0 Å². The Hall–Kier alpha value is -1.72. The van der Waals surface area contributed by atoms with E-state index in [-0.39, 0.29) is 15.6 Å². The van der Waals surface area contributed by atoms with Crippen molar-refractivity contribution in [1.29, 1.82) is 0 Å². The third-order valence-corrected chi connectivity index (χ3v) is 4.98. The van der Waals surface area contributed by atoms with E-state index in [2.05, 4.69) is 5.32 Å². The third kappa shape index (κ3) is 3.42. The van der Waals surface area contributed by atoms with Crippen LogP contribution in [0, 0.1) is 6.92 Å². The first kappa shape index (κ1) is 19.1. The SMILES string of the molecule is CCC(O)c1c(C)oc2c(NC(=O)c3c(Cl)cccc3Cl)cc(Cl)cc12. The average Bonchev–Trinajstić information content (AvgIpc) is 2.90. The van der Waals surface area contributed by atoms with Gasteiger partial charge in [0.05, 0.1) is 27.4 Å². The van der Waals surface area contributed by atoms with Crippen molar-refractivity contribution in [2.45, 2.75) is 26.4 Å². The molecule has 136 valence electrons. The van der Waals surface area contributed by atoms with Crippen molar-refractivity contribution in [1.82, 2.24) is 0 Å². The van der Waals surface area contributed by atoms with E-state index < -0.39 is 12.0 Å². The molecule has 2 aromatic carbocycles. The van der Waals surface area contributed by atoms with Gasteiger partial charge < -0.3 is 14.8 Å². The van der Waals surface area contributed by atoms with E-state index in [4.69, 9.17) is 39.2 Å². The van der Waals surface area contributed by atoms with Gasteiger partial charge in [0.1, 0.15) is 5.76 Å². The van der Waals surface area contributed by atoms with Crippen LogP contribution in [0.4, 0.5) is 5.69 Å². The van der Waals surface area contributed by atoms with Gasteiger partial charge >= 0.3 is 0 Å². The zero-order chi connectivity index (χ0) is 19.0. The predicted molar refractivity (Wildman–Crippen MR) is 106 cm³/mol. The number of hydrogen-bond donors (Lipinski definition) is 2. The Morgan fingerprint density at radius 2 is 1.88 bits per heavy atom. The minimum absolute atomic E-state index is 0.168. The van der Waals surface area contributed by atoms with Gasteiger partial charge in [0.25, 0.3) is 5.91 Å². The minimum atomic E-state index is -0.684. The highest BCUT2D eigenvalue weighted by Crippen LogP contribution is 2.38. The molecular formula is C19H16Cl3NO3. The number of benzene rings is 2. The zero-order valence-electron chi connectivity index (χ0n) is 14.1. The first-order valence-corrected chi connectivity index (χ1v) is 9.12. The first-order valence-electron chi connectivity index (χ1n) is 7.99. The molecule has 3 aromatic rings. The molecule has 1 aromatic heterocycles. The largest absolute Gasteiger partial charge is 0.459 e. The summed E-state index contributed by atoms with van der Waals surface area (Å²) in [5, 5.41) is 14.6. The Labute approximate surface area is 165 Å². The van der Waals surface area contributed by atoms with Crippen LogP contribution in [0.2, 0.25) is 15.1 Å². The number of fused-ring (bicyclic) bond motifs is 1. The molecule has 1 atom stereocenters. The molecule has 3 rings (SSSR count). The van der Waals surface area contributed by atoms with E-state index in [1.807, 2.05) is 6.92 Å². The number of rotatable bonds is 4. The quantitative estimate of drug-likeness (QED) is 0.521. The fourth-order valence-electron chi connectivity index (χ4n) is 2.91. The number of nitrogens with one attached hydrogen (secondary N) is 1. The van der Waals surface area contributed by atoms with Gasteiger partial charge in [-0.3, -0.25) is 4.79 Å². The van der Waals surface area contributed by atoms with Crippen LogP contribution in [-0.2, 0) is 0 Å². The number of halogens is 3. The summed E-state index contributed by atoms with van der Waals surface area (Å²) >= 11 is 18.4. The fraction of sp³-hybridized carbons (Fsp3) is 0.211. The molecule has 0 radical (unpaired) electrons. The second-order valence-corrected chi connectivity index (χ2v) is 7.13. The second-order valence-electron chi connectivity index (χ2n) is 5.88. The highest BCUT2D eigenvalue weighted by Gasteiger charge is 2.22. The molecule has 1 amide bonds. The molecule has 7 heteroatoms. The van der Waals surface area contributed by atoms with E-state index in [9.17, 15) is 9.90 Å². The topological polar surface area (TPSA) is 62.5 Å². The summed E-state index contributed by atoms with van der Waals surface area (Å²) in [7, 11) is 0. The van der Waals surface area contributed by atoms with Crippen molar-refractivity contribution < 1.29 is 14.3 Å². The molecular weight excluding hydrogens is 397 g/mol. The summed E-state index contributed by atoms with van der Waals surface area (Å²) in [5.74, 6) is 0.0960. The van der Waals surface area contributed by atoms with Gasteiger partial charge in [0, 0.05) is 16.0 Å². The van der Waals surface area contributed by atoms with Crippen LogP contribution in [0.15, 0.2) is 34.7 Å². The average molecular weight is 413 g/mol. The Morgan fingerprint density at radius 3 is 2.50 bits per heavy atom. The molecule has 1 heterocycles. The zero-order valence-corrected chi connectivity index (χ0v) is 16.3. The van der Waals surface area contributed by atoms with Crippen LogP contribution in [0.25, 0.3) is 11.0 Å². The van der Waals surface area contributed by atoms with Crippen molar-refractivity contribution >= 4 is 57.4 Å². The van der Waals surface area contributed by atoms with Crippen LogP contribution in [-0.4, -0.2) is 11.0 Å². The first-order chi connectivity index (χ1) is 12.3. The monoisotopic (exact) mass is 411 g/mol. The van der Waals surface area contributed by atoms with E-state index in [0.717, 1.165) is 0 Å². The van der Waals surface area contributed by atoms with Crippen molar-refractivity contribution in [3.05, 3.63) is 62.3 Å². The number of aryl methyl sites for hydroxylation is 1. The van der Waals surface area contributed by atoms with Crippen LogP contribution < -0.4 is 5.32 Å². The summed E-state index contributed by atoms with van der Waals surface area (Å²) in [6.45, 7) is 3.63. The summed E-state index contributed by atoms with van der Waals surface area (Å²) < 4.78 is 5.81. The van der Waals surface area contributed by atoms with Crippen molar-refractivity contribution in [3.8, 4) is 0 Å². The van der Waals surface area contributed by atoms with E-state index in [0.29, 0.717) is 39.4 Å². The molecule has 0 saturated carbocycles. The van der Waals surface area contributed by atoms with Gasteiger partial charge in [0.2, 0.25) is 0 Å². The normalized spacial score (nSPS) is 12.4. The van der Waals surface area contributed by atoms with E-state index >= 15 is 0 Å². The standard InChI is InChI=1S/C19H16Cl3NO3/c1-3-15(24)16-9(2)26-18-11(16)7-10(20)8-14(18)23-19(25)17-12(21)5-4-6-13(17)22/h4-8,15,24H,3H2,1-2H3,(H,23,25). The van der Waals surface area contributed by atoms with Crippen LogP contribution in [0.5, 0.6) is 0 Å². The van der Waals surface area contributed by atoms with Crippen LogP contribution in [0.1, 0.15) is 41.1 Å². The van der Waals surface area contributed by atoms with Gasteiger partial charge in [-0.05, 0) is 37.6 Å². The number of carbonyl (C=O) groups excluding carboxylic acids is 1. The Kier molecular flexibility index (Phi) is 5.49.